The van der Waals surface area contributed by atoms with Crippen LogP contribution >= 0.6 is 0 Å². The van der Waals surface area contributed by atoms with Crippen LogP contribution in [0.25, 0.3) is 0 Å². The predicted octanol–water partition coefficient (Wildman–Crippen LogP) is -0.215. The lowest BCUT2D eigenvalue weighted by Crippen LogP contribution is -2.32. The van der Waals surface area contributed by atoms with Crippen LogP contribution in [0.2, 0.25) is 0 Å². The minimum absolute atomic E-state index is 0.0155. The summed E-state index contributed by atoms with van der Waals surface area (Å²) in [5.74, 6) is -2.68. The highest BCUT2D eigenvalue weighted by Crippen LogP contribution is 2.21. The third kappa shape index (κ3) is 2.35. The number of benzene rings is 1. The third-order valence-electron chi connectivity index (χ3n) is 2.81. The van der Waals surface area contributed by atoms with E-state index in [-0.39, 0.29) is 16.8 Å². The van der Waals surface area contributed by atoms with Gasteiger partial charge in [0.25, 0.3) is 11.8 Å². The average molecular weight is 298 g/mol. The van der Waals surface area contributed by atoms with Crippen molar-refractivity contribution >= 4 is 33.5 Å². The first-order valence-electron chi connectivity index (χ1n) is 5.46. The van der Waals surface area contributed by atoms with E-state index in [1.807, 2.05) is 0 Å². The summed E-state index contributed by atoms with van der Waals surface area (Å²) >= 11 is 0. The van der Waals surface area contributed by atoms with Crippen LogP contribution in [0.1, 0.15) is 27.6 Å². The number of rotatable bonds is 4. The van der Waals surface area contributed by atoms with E-state index in [0.29, 0.717) is 0 Å². The van der Waals surface area contributed by atoms with Crippen LogP contribution in [0, 0.1) is 0 Å². The Morgan fingerprint density at radius 2 is 1.85 bits per heavy atom. The summed E-state index contributed by atoms with van der Waals surface area (Å²) in [7, 11) is -4.13. The van der Waals surface area contributed by atoms with Gasteiger partial charge in [-0.05, 0) is 25.1 Å². The highest BCUT2D eigenvalue weighted by molar-refractivity contribution is 7.94. The van der Waals surface area contributed by atoms with Crippen LogP contribution in [-0.2, 0) is 14.8 Å². The molecule has 0 radical (unpaired) electrons. The molecule has 9 heteroatoms. The fourth-order valence-electron chi connectivity index (χ4n) is 1.62. The first kappa shape index (κ1) is 14.0. The third-order valence-corrected chi connectivity index (χ3v) is 4.46. The summed E-state index contributed by atoms with van der Waals surface area (Å²) in [5, 5.41) is 9.12. The minimum atomic E-state index is -4.13. The molecule has 1 aliphatic heterocycles. The molecule has 0 saturated heterocycles. The van der Waals surface area contributed by atoms with E-state index in [9.17, 15) is 22.8 Å². The Morgan fingerprint density at radius 3 is 2.45 bits per heavy atom. The van der Waals surface area contributed by atoms with Crippen molar-refractivity contribution in [2.24, 2.45) is 0 Å². The van der Waals surface area contributed by atoms with Crippen molar-refractivity contribution in [3.63, 3.8) is 0 Å². The molecule has 0 fully saturated rings. The van der Waals surface area contributed by atoms with E-state index >= 15 is 0 Å². The molecule has 20 heavy (non-hydrogen) atoms. The van der Waals surface area contributed by atoms with Crippen molar-refractivity contribution in [2.75, 3.05) is 4.72 Å². The molecule has 2 rings (SSSR count). The van der Waals surface area contributed by atoms with Gasteiger partial charge in [-0.15, -0.1) is 0 Å². The number of imide groups is 1. The number of fused-ring (bicyclic) bond motifs is 1. The first-order valence-corrected chi connectivity index (χ1v) is 7.01. The summed E-state index contributed by atoms with van der Waals surface area (Å²) in [6.07, 6.45) is 0. The Hall–Kier alpha value is -2.42. The molecule has 1 aromatic carbocycles. The van der Waals surface area contributed by atoms with Gasteiger partial charge in [0, 0.05) is 5.69 Å². The van der Waals surface area contributed by atoms with Gasteiger partial charge in [-0.25, -0.2) is 8.42 Å². The molecule has 1 aromatic rings. The zero-order valence-corrected chi connectivity index (χ0v) is 11.0. The molecule has 0 saturated carbocycles. The van der Waals surface area contributed by atoms with Crippen molar-refractivity contribution in [2.45, 2.75) is 12.2 Å². The molecule has 0 bridgehead atoms. The number of aliphatic carboxylic acids is 1. The van der Waals surface area contributed by atoms with Crippen LogP contribution in [0.4, 0.5) is 5.69 Å². The molecule has 106 valence electrons. The Balaban J connectivity index is 2.33. The number of nitrogens with one attached hydrogen (secondary N) is 2. The van der Waals surface area contributed by atoms with Crippen LogP contribution in [0.3, 0.4) is 0 Å². The zero-order valence-electron chi connectivity index (χ0n) is 10.2. The number of carboxylic acid groups (broad SMARTS) is 1. The van der Waals surface area contributed by atoms with E-state index in [4.69, 9.17) is 5.11 Å². The lowest BCUT2D eigenvalue weighted by molar-refractivity contribution is -0.136. The van der Waals surface area contributed by atoms with Crippen molar-refractivity contribution in [1.29, 1.82) is 0 Å². The second-order valence-electron chi connectivity index (χ2n) is 4.17. The summed E-state index contributed by atoms with van der Waals surface area (Å²) in [4.78, 5) is 33.4. The largest absolute Gasteiger partial charge is 0.480 e. The molecule has 1 heterocycles. The Bertz CT molecular complexity index is 724. The number of hydrogen-bond donors (Lipinski definition) is 3. The van der Waals surface area contributed by atoms with Gasteiger partial charge in [0.2, 0.25) is 10.0 Å². The van der Waals surface area contributed by atoms with E-state index < -0.39 is 33.1 Å². The molecule has 0 aromatic heterocycles. The molecule has 2 amide bonds. The number of carboxylic acids is 1. The maximum atomic E-state index is 11.7. The number of anilines is 1. The molecule has 3 N–H and O–H groups in total. The zero-order chi connectivity index (χ0) is 15.1. The van der Waals surface area contributed by atoms with E-state index in [0.717, 1.165) is 6.92 Å². The monoisotopic (exact) mass is 298 g/mol. The Kier molecular flexibility index (Phi) is 3.22. The van der Waals surface area contributed by atoms with Gasteiger partial charge in [-0.2, -0.15) is 0 Å². The van der Waals surface area contributed by atoms with Crippen molar-refractivity contribution in [3.05, 3.63) is 29.3 Å². The molecule has 8 nitrogen and oxygen atoms in total. The van der Waals surface area contributed by atoms with E-state index in [2.05, 4.69) is 10.0 Å². The second-order valence-corrected chi connectivity index (χ2v) is 6.17. The first-order chi connectivity index (χ1) is 9.22. The Labute approximate surface area is 113 Å². The fraction of sp³-hybridized carbons (Fsp3) is 0.182. The van der Waals surface area contributed by atoms with Gasteiger partial charge < -0.3 is 5.11 Å². The highest BCUT2D eigenvalue weighted by atomic mass is 32.2. The van der Waals surface area contributed by atoms with Gasteiger partial charge in [0.1, 0.15) is 0 Å². The standard InChI is InChI=1S/C11H10N2O6S/c1-5(11(16)17)20(18,19)13-6-2-3-7-8(4-6)10(15)12-9(7)14/h2-5,13H,1H3,(H,16,17)(H,12,14,15). The summed E-state index contributed by atoms with van der Waals surface area (Å²) in [6.45, 7) is 1.02. The number of sulfonamides is 1. The highest BCUT2D eigenvalue weighted by Gasteiger charge is 2.30. The van der Waals surface area contributed by atoms with Gasteiger partial charge in [0.15, 0.2) is 5.25 Å². The normalized spacial score (nSPS) is 15.4. The molecule has 0 spiro atoms. The SMILES string of the molecule is CC(C(=O)O)S(=O)(=O)Nc1ccc2c(c1)C(=O)NC2=O. The van der Waals surface area contributed by atoms with E-state index in [1.54, 1.807) is 0 Å². The summed E-state index contributed by atoms with van der Waals surface area (Å²) < 4.78 is 25.5. The molecular formula is C11H10N2O6S. The lowest BCUT2D eigenvalue weighted by atomic mass is 10.1. The topological polar surface area (TPSA) is 130 Å². The summed E-state index contributed by atoms with van der Waals surface area (Å²) in [5.41, 5.74) is 0.198. The van der Waals surface area contributed by atoms with Crippen molar-refractivity contribution in [3.8, 4) is 0 Å². The predicted molar refractivity (Wildman–Crippen MR) is 67.9 cm³/mol. The van der Waals surface area contributed by atoms with Crippen molar-refractivity contribution < 1.29 is 27.9 Å². The molecule has 1 unspecified atom stereocenters. The smallest absolute Gasteiger partial charge is 0.323 e. The van der Waals surface area contributed by atoms with Crippen molar-refractivity contribution in [1.82, 2.24) is 5.32 Å². The van der Waals surface area contributed by atoms with Gasteiger partial charge in [-0.3, -0.25) is 24.4 Å². The lowest BCUT2D eigenvalue weighted by Gasteiger charge is -2.11. The minimum Gasteiger partial charge on any atom is -0.480 e. The van der Waals surface area contributed by atoms with Crippen LogP contribution in [-0.4, -0.2) is 36.6 Å². The maximum Gasteiger partial charge on any atom is 0.323 e. The molecule has 0 aliphatic carbocycles. The maximum absolute atomic E-state index is 11.7. The molecule has 1 atom stereocenters. The van der Waals surface area contributed by atoms with Gasteiger partial charge in [0.05, 0.1) is 11.1 Å². The molecule has 1 aliphatic rings. The summed E-state index contributed by atoms with van der Waals surface area (Å²) in [6, 6.07) is 3.75. The van der Waals surface area contributed by atoms with Gasteiger partial charge >= 0.3 is 5.97 Å². The van der Waals surface area contributed by atoms with Crippen LogP contribution in [0.5, 0.6) is 0 Å². The van der Waals surface area contributed by atoms with E-state index in [1.165, 1.54) is 18.2 Å². The van der Waals surface area contributed by atoms with Gasteiger partial charge in [-0.1, -0.05) is 0 Å². The fourth-order valence-corrected chi connectivity index (χ4v) is 2.51. The second kappa shape index (κ2) is 4.60. The molecular weight excluding hydrogens is 288 g/mol. The van der Waals surface area contributed by atoms with Crippen LogP contribution in [0.15, 0.2) is 18.2 Å². The Morgan fingerprint density at radius 1 is 1.25 bits per heavy atom. The quantitative estimate of drug-likeness (QED) is 0.659. The van der Waals surface area contributed by atoms with Crippen LogP contribution < -0.4 is 10.0 Å². The number of amides is 2. The average Bonchev–Trinajstić information content (AvgIpc) is 2.63. The number of hydrogen-bond acceptors (Lipinski definition) is 5. The number of carbonyl (C=O) groups is 3. The number of carbonyl (C=O) groups excluding carboxylic acids is 2.